The molecular weight excluding hydrogens is 370 g/mol. The smallest absolute Gasteiger partial charge is 0.387 e. The van der Waals surface area contributed by atoms with Crippen LogP contribution in [-0.4, -0.2) is 56.0 Å². The van der Waals surface area contributed by atoms with Gasteiger partial charge in [0, 0.05) is 26.2 Å². The van der Waals surface area contributed by atoms with Crippen molar-refractivity contribution < 1.29 is 27.8 Å². The summed E-state index contributed by atoms with van der Waals surface area (Å²) in [5.74, 6) is -0.449. The maximum absolute atomic E-state index is 12.4. The lowest BCUT2D eigenvalue weighted by molar-refractivity contribution is -0.130. The van der Waals surface area contributed by atoms with E-state index in [2.05, 4.69) is 4.74 Å². The van der Waals surface area contributed by atoms with Gasteiger partial charge in [-0.05, 0) is 29.8 Å². The number of ether oxygens (including phenoxy) is 2. The molecule has 0 saturated heterocycles. The Balaban J connectivity index is 1.99. The van der Waals surface area contributed by atoms with Crippen molar-refractivity contribution in [2.45, 2.75) is 13.2 Å². The van der Waals surface area contributed by atoms with Crippen molar-refractivity contribution in [3.63, 3.8) is 0 Å². The Labute approximate surface area is 162 Å². The van der Waals surface area contributed by atoms with Gasteiger partial charge in [0.15, 0.2) is 11.5 Å². The Kier molecular flexibility index (Phi) is 7.31. The van der Waals surface area contributed by atoms with E-state index in [9.17, 15) is 18.4 Å². The molecule has 0 N–H and O–H groups in total. The summed E-state index contributed by atoms with van der Waals surface area (Å²) in [5, 5.41) is 0. The van der Waals surface area contributed by atoms with Crippen molar-refractivity contribution in [1.29, 1.82) is 0 Å². The topological polar surface area (TPSA) is 59.1 Å². The summed E-state index contributed by atoms with van der Waals surface area (Å²) in [6, 6.07) is 13.1. The number of likely N-dealkylation sites (N-methyl/N-ethyl adjacent to an activating group) is 2. The second kappa shape index (κ2) is 9.68. The number of hydrogen-bond donors (Lipinski definition) is 0. The van der Waals surface area contributed by atoms with Crippen LogP contribution in [0, 0.1) is 0 Å². The molecule has 0 radical (unpaired) electrons. The minimum atomic E-state index is -2.96. The molecule has 0 unspecified atom stereocenters. The fraction of sp³-hybridized carbons (Fsp3) is 0.300. The minimum Gasteiger partial charge on any atom is -0.493 e. The van der Waals surface area contributed by atoms with Gasteiger partial charge in [-0.15, -0.1) is 0 Å². The maximum Gasteiger partial charge on any atom is 0.387 e. The molecule has 0 spiro atoms. The predicted octanol–water partition coefficient (Wildman–Crippen LogP) is 3.03. The number of amides is 2. The first-order chi connectivity index (χ1) is 13.3. The van der Waals surface area contributed by atoms with Gasteiger partial charge in [-0.25, -0.2) is 0 Å². The van der Waals surface area contributed by atoms with E-state index in [0.29, 0.717) is 11.1 Å². The van der Waals surface area contributed by atoms with E-state index in [1.165, 1.54) is 29.0 Å². The fourth-order valence-corrected chi connectivity index (χ4v) is 2.56. The molecule has 0 aliphatic heterocycles. The molecule has 0 aliphatic carbocycles. The molecule has 28 heavy (non-hydrogen) atoms. The average Bonchev–Trinajstić information content (AvgIpc) is 2.68. The van der Waals surface area contributed by atoms with Crippen LogP contribution in [0.1, 0.15) is 15.9 Å². The van der Waals surface area contributed by atoms with Crippen LogP contribution in [0.2, 0.25) is 0 Å². The lowest BCUT2D eigenvalue weighted by atomic mass is 10.2. The largest absolute Gasteiger partial charge is 0.493 e. The Morgan fingerprint density at radius 2 is 1.68 bits per heavy atom. The quantitative estimate of drug-likeness (QED) is 0.693. The fourth-order valence-electron chi connectivity index (χ4n) is 2.56. The highest BCUT2D eigenvalue weighted by molar-refractivity contribution is 5.96. The van der Waals surface area contributed by atoms with Gasteiger partial charge in [0.05, 0.1) is 13.7 Å². The summed E-state index contributed by atoms with van der Waals surface area (Å²) in [5.41, 5.74) is 1.17. The first-order valence-corrected chi connectivity index (χ1v) is 8.48. The van der Waals surface area contributed by atoms with Gasteiger partial charge in [-0.1, -0.05) is 24.3 Å². The maximum atomic E-state index is 12.4. The molecule has 8 heteroatoms. The van der Waals surface area contributed by atoms with Gasteiger partial charge in [-0.3, -0.25) is 9.59 Å². The van der Waals surface area contributed by atoms with Gasteiger partial charge < -0.3 is 19.3 Å². The molecule has 0 aromatic heterocycles. The van der Waals surface area contributed by atoms with E-state index in [1.807, 2.05) is 6.07 Å². The van der Waals surface area contributed by atoms with E-state index < -0.39 is 6.61 Å². The van der Waals surface area contributed by atoms with Crippen molar-refractivity contribution in [2.24, 2.45) is 0 Å². The lowest BCUT2D eigenvalue weighted by Gasteiger charge is -2.22. The van der Waals surface area contributed by atoms with Crippen molar-refractivity contribution in [3.8, 4) is 11.5 Å². The van der Waals surface area contributed by atoms with Gasteiger partial charge in [0.2, 0.25) is 5.91 Å². The van der Waals surface area contributed by atoms with Gasteiger partial charge >= 0.3 is 6.61 Å². The van der Waals surface area contributed by atoms with Crippen molar-refractivity contribution >= 4 is 11.8 Å². The second-order valence-electron chi connectivity index (χ2n) is 6.14. The molecule has 6 nitrogen and oxygen atoms in total. The third-order valence-corrected chi connectivity index (χ3v) is 4.03. The number of hydrogen-bond acceptors (Lipinski definition) is 4. The second-order valence-corrected chi connectivity index (χ2v) is 6.14. The Bertz CT molecular complexity index is 815. The SMILES string of the molecule is COc1cc(CN(C)C(=O)CN(C)C(=O)c2ccccc2)ccc1OC(F)F. The Morgan fingerprint density at radius 1 is 1.00 bits per heavy atom. The monoisotopic (exact) mass is 392 g/mol. The molecule has 0 atom stereocenters. The average molecular weight is 392 g/mol. The first-order valence-electron chi connectivity index (χ1n) is 8.48. The number of rotatable bonds is 8. The number of halogens is 2. The molecule has 2 rings (SSSR count). The summed E-state index contributed by atoms with van der Waals surface area (Å²) >= 11 is 0. The van der Waals surface area contributed by atoms with Crippen molar-refractivity contribution in [2.75, 3.05) is 27.7 Å². The third kappa shape index (κ3) is 5.67. The summed E-state index contributed by atoms with van der Waals surface area (Å²) < 4.78 is 34.2. The van der Waals surface area contributed by atoms with Crippen LogP contribution in [-0.2, 0) is 11.3 Å². The zero-order chi connectivity index (χ0) is 20.7. The minimum absolute atomic E-state index is 0.0802. The number of methoxy groups -OCH3 is 1. The molecule has 2 aromatic rings. The molecule has 0 fully saturated rings. The summed E-state index contributed by atoms with van der Waals surface area (Å²) in [7, 11) is 4.50. The number of alkyl halides is 2. The van der Waals surface area contributed by atoms with Gasteiger partial charge in [0.25, 0.3) is 5.91 Å². The van der Waals surface area contributed by atoms with Crippen molar-refractivity contribution in [1.82, 2.24) is 9.80 Å². The van der Waals surface area contributed by atoms with Crippen LogP contribution >= 0.6 is 0 Å². The zero-order valence-corrected chi connectivity index (χ0v) is 15.9. The number of carbonyl (C=O) groups is 2. The van der Waals surface area contributed by atoms with Crippen LogP contribution in [0.5, 0.6) is 11.5 Å². The van der Waals surface area contributed by atoms with E-state index in [4.69, 9.17) is 4.74 Å². The normalized spacial score (nSPS) is 10.5. The molecule has 0 saturated carbocycles. The van der Waals surface area contributed by atoms with E-state index in [1.54, 1.807) is 44.4 Å². The highest BCUT2D eigenvalue weighted by Gasteiger charge is 2.18. The zero-order valence-electron chi connectivity index (χ0n) is 15.9. The molecular formula is C20H22F2N2O4. The first kappa shape index (κ1) is 21.1. The number of carbonyl (C=O) groups excluding carboxylic acids is 2. The third-order valence-electron chi connectivity index (χ3n) is 4.03. The summed E-state index contributed by atoms with van der Waals surface area (Å²) in [6.45, 7) is -2.83. The Morgan fingerprint density at radius 3 is 2.29 bits per heavy atom. The highest BCUT2D eigenvalue weighted by atomic mass is 19.3. The molecule has 150 valence electrons. The molecule has 0 heterocycles. The Hall–Kier alpha value is -3.16. The number of nitrogens with zero attached hydrogens (tertiary/aromatic N) is 2. The molecule has 2 amide bonds. The number of benzene rings is 2. The molecule has 0 aliphatic rings. The van der Waals surface area contributed by atoms with E-state index in [0.717, 1.165) is 0 Å². The summed E-state index contributed by atoms with van der Waals surface area (Å²) in [4.78, 5) is 27.6. The van der Waals surface area contributed by atoms with Gasteiger partial charge in [0.1, 0.15) is 0 Å². The highest BCUT2D eigenvalue weighted by Crippen LogP contribution is 2.29. The van der Waals surface area contributed by atoms with Crippen LogP contribution in [0.25, 0.3) is 0 Å². The summed E-state index contributed by atoms with van der Waals surface area (Å²) in [6.07, 6.45) is 0. The van der Waals surface area contributed by atoms with E-state index >= 15 is 0 Å². The van der Waals surface area contributed by atoms with Crippen LogP contribution in [0.15, 0.2) is 48.5 Å². The van der Waals surface area contributed by atoms with Crippen LogP contribution < -0.4 is 9.47 Å². The van der Waals surface area contributed by atoms with E-state index in [-0.39, 0.29) is 36.4 Å². The predicted molar refractivity (Wildman–Crippen MR) is 99.5 cm³/mol. The van der Waals surface area contributed by atoms with Crippen LogP contribution in [0.4, 0.5) is 8.78 Å². The molecule has 0 bridgehead atoms. The van der Waals surface area contributed by atoms with Crippen molar-refractivity contribution in [3.05, 3.63) is 59.7 Å². The van der Waals surface area contributed by atoms with Crippen LogP contribution in [0.3, 0.4) is 0 Å². The lowest BCUT2D eigenvalue weighted by Crippen LogP contribution is -2.39. The standard InChI is InChI=1S/C20H22F2N2O4/c1-23(12-14-9-10-16(28-20(21)22)17(11-14)27-3)18(25)13-24(2)19(26)15-7-5-4-6-8-15/h4-11,20H,12-13H2,1-3H3. The molecule has 2 aromatic carbocycles. The van der Waals surface area contributed by atoms with Gasteiger partial charge in [-0.2, -0.15) is 8.78 Å².